The summed E-state index contributed by atoms with van der Waals surface area (Å²) < 4.78 is 7.72. The van der Waals surface area contributed by atoms with E-state index in [2.05, 4.69) is 25.9 Å². The number of hydrogen-bond acceptors (Lipinski definition) is 10. The maximum absolute atomic E-state index is 14.1. The predicted molar refractivity (Wildman–Crippen MR) is 186 cm³/mol. The molecule has 0 aliphatic heterocycles. The summed E-state index contributed by atoms with van der Waals surface area (Å²) in [5.41, 5.74) is 7.80. The van der Waals surface area contributed by atoms with Crippen LogP contribution in [-0.2, 0) is 34.8 Å². The van der Waals surface area contributed by atoms with Crippen molar-refractivity contribution in [2.24, 2.45) is 31.7 Å². The summed E-state index contributed by atoms with van der Waals surface area (Å²) >= 11 is 0. The molecule has 1 aliphatic carbocycles. The number of rotatable bonds is 9. The first-order valence-electron chi connectivity index (χ1n) is 16.5. The second-order valence-electron chi connectivity index (χ2n) is 13.7. The van der Waals surface area contributed by atoms with E-state index < -0.39 is 40.8 Å². The Morgan fingerprint density at radius 2 is 1.64 bits per heavy atom. The number of anilines is 1. The molecule has 264 valence electrons. The van der Waals surface area contributed by atoms with Gasteiger partial charge in [-0.1, -0.05) is 24.3 Å². The minimum Gasteiger partial charge on any atom is -0.444 e. The third kappa shape index (κ3) is 8.40. The molecule has 2 aromatic heterocycles. The predicted octanol–water partition coefficient (Wildman–Crippen LogP) is 2.69. The maximum atomic E-state index is 14.1. The van der Waals surface area contributed by atoms with Crippen LogP contribution in [0.5, 0.6) is 0 Å². The minimum atomic E-state index is -1.05. The molecule has 1 aliphatic rings. The van der Waals surface area contributed by atoms with Crippen LogP contribution >= 0.6 is 0 Å². The number of carbonyl (C=O) groups excluding carboxylic acids is 3. The van der Waals surface area contributed by atoms with Gasteiger partial charge in [0.2, 0.25) is 11.7 Å². The Labute approximate surface area is 288 Å². The van der Waals surface area contributed by atoms with Gasteiger partial charge in [-0.05, 0) is 99.4 Å². The normalized spacial score (nSPS) is 16.8. The number of benzene rings is 2. The number of aromatic nitrogens is 6. The van der Waals surface area contributed by atoms with Gasteiger partial charge in [0.15, 0.2) is 0 Å². The van der Waals surface area contributed by atoms with Crippen LogP contribution < -0.4 is 27.2 Å². The molecule has 15 heteroatoms. The molecule has 1 saturated carbocycles. The van der Waals surface area contributed by atoms with E-state index in [1.807, 2.05) is 0 Å². The van der Waals surface area contributed by atoms with Gasteiger partial charge in [0, 0.05) is 38.3 Å². The number of imide groups is 1. The molecule has 4 aromatic rings. The number of alkyl carbamates (subject to hydrolysis) is 1. The largest absolute Gasteiger partial charge is 0.444 e. The summed E-state index contributed by atoms with van der Waals surface area (Å²) in [5.74, 6) is -0.750. The van der Waals surface area contributed by atoms with Crippen molar-refractivity contribution in [2.45, 2.75) is 64.5 Å². The first-order chi connectivity index (χ1) is 23.7. The summed E-state index contributed by atoms with van der Waals surface area (Å²) in [5, 5.41) is 16.8. The number of aromatic amines is 1. The zero-order chi connectivity index (χ0) is 36.2. The van der Waals surface area contributed by atoms with Gasteiger partial charge in [-0.25, -0.2) is 14.5 Å². The lowest BCUT2D eigenvalue weighted by Gasteiger charge is -2.32. The van der Waals surface area contributed by atoms with Crippen LogP contribution in [0.3, 0.4) is 0 Å². The zero-order valence-electron chi connectivity index (χ0n) is 28.9. The van der Waals surface area contributed by atoms with Crippen molar-refractivity contribution in [3.8, 4) is 22.5 Å². The fourth-order valence-corrected chi connectivity index (χ4v) is 6.08. The lowest BCUT2D eigenvalue weighted by molar-refractivity contribution is -0.130. The van der Waals surface area contributed by atoms with Crippen LogP contribution in [0.25, 0.3) is 22.5 Å². The summed E-state index contributed by atoms with van der Waals surface area (Å²) in [6.07, 6.45) is 3.64. The number of ether oxygens (including phenoxy) is 1. The molecule has 1 fully saturated rings. The van der Waals surface area contributed by atoms with Crippen molar-refractivity contribution in [1.82, 2.24) is 35.1 Å². The number of aryl methyl sites for hydroxylation is 1. The fourth-order valence-electron chi connectivity index (χ4n) is 6.08. The van der Waals surface area contributed by atoms with Gasteiger partial charge in [-0.15, -0.1) is 10.2 Å². The quantitative estimate of drug-likeness (QED) is 0.235. The molecule has 0 saturated heterocycles. The average Bonchev–Trinajstić information content (AvgIpc) is 3.63. The Morgan fingerprint density at radius 3 is 2.24 bits per heavy atom. The first-order valence-corrected chi connectivity index (χ1v) is 16.5. The number of nitrogens with one attached hydrogen (secondary N) is 2. The molecule has 3 amide bonds. The Bertz CT molecular complexity index is 1940. The summed E-state index contributed by atoms with van der Waals surface area (Å²) in [6, 6.07) is 12.7. The number of hydrogen-bond donors (Lipinski definition) is 3. The Kier molecular flexibility index (Phi) is 10.7. The van der Waals surface area contributed by atoms with Crippen molar-refractivity contribution in [2.75, 3.05) is 11.4 Å². The molecule has 0 radical (unpaired) electrons. The SMILES string of the molecule is Cn1cc(-c2ccc(C[C@H](N)C(=O)N(C(=O)C3CCC(CNC(=O)OC(C)(C)C)CC3)c3ccc(-c4nn[nH]n4)cc3)cc2)c(=O)n(C)c1=O. The molecule has 50 heavy (non-hydrogen) atoms. The highest BCUT2D eigenvalue weighted by molar-refractivity contribution is 6.17. The van der Waals surface area contributed by atoms with Gasteiger partial charge in [0.05, 0.1) is 17.3 Å². The van der Waals surface area contributed by atoms with E-state index in [0.717, 1.165) is 10.1 Å². The lowest BCUT2D eigenvalue weighted by Crippen LogP contribution is -2.50. The van der Waals surface area contributed by atoms with E-state index in [0.29, 0.717) is 60.4 Å². The number of carbonyl (C=O) groups is 3. The first kappa shape index (κ1) is 35.9. The number of H-pyrrole nitrogens is 1. The Hall–Kier alpha value is -5.44. The van der Waals surface area contributed by atoms with E-state index in [1.165, 1.54) is 22.7 Å². The van der Waals surface area contributed by atoms with Crippen LogP contribution in [0.2, 0.25) is 0 Å². The van der Waals surface area contributed by atoms with Gasteiger partial charge < -0.3 is 20.4 Å². The van der Waals surface area contributed by atoms with Gasteiger partial charge in [-0.3, -0.25) is 19.0 Å². The third-order valence-electron chi connectivity index (χ3n) is 8.78. The monoisotopic (exact) mass is 685 g/mol. The molecule has 0 unspecified atom stereocenters. The van der Waals surface area contributed by atoms with Crippen LogP contribution in [0.4, 0.5) is 10.5 Å². The Balaban J connectivity index is 1.31. The molecule has 4 N–H and O–H groups in total. The summed E-state index contributed by atoms with van der Waals surface area (Å²) in [6.45, 7) is 5.85. The highest BCUT2D eigenvalue weighted by Gasteiger charge is 2.35. The maximum Gasteiger partial charge on any atom is 0.407 e. The lowest BCUT2D eigenvalue weighted by atomic mass is 9.81. The van der Waals surface area contributed by atoms with Crippen LogP contribution in [-0.4, -0.2) is 65.9 Å². The van der Waals surface area contributed by atoms with E-state index in [4.69, 9.17) is 10.5 Å². The van der Waals surface area contributed by atoms with E-state index >= 15 is 0 Å². The molecule has 1 atom stereocenters. The number of amides is 3. The minimum absolute atomic E-state index is 0.137. The fraction of sp³-hybridized carbons (Fsp3) is 0.429. The molecule has 15 nitrogen and oxygen atoms in total. The number of nitrogens with zero attached hydrogens (tertiary/aromatic N) is 6. The van der Waals surface area contributed by atoms with E-state index in [-0.39, 0.29) is 18.2 Å². The molecule has 5 rings (SSSR count). The van der Waals surface area contributed by atoms with E-state index in [1.54, 1.807) is 76.3 Å². The van der Waals surface area contributed by atoms with Crippen molar-refractivity contribution in [3.63, 3.8) is 0 Å². The molecule has 2 aromatic carbocycles. The highest BCUT2D eigenvalue weighted by Crippen LogP contribution is 2.32. The topological polar surface area (TPSA) is 200 Å². The van der Waals surface area contributed by atoms with Gasteiger partial charge >= 0.3 is 11.8 Å². The van der Waals surface area contributed by atoms with Gasteiger partial charge in [0.1, 0.15) is 5.60 Å². The molecule has 0 spiro atoms. The van der Waals surface area contributed by atoms with Gasteiger partial charge in [0.25, 0.3) is 11.5 Å². The molecule has 0 bridgehead atoms. The third-order valence-corrected chi connectivity index (χ3v) is 8.78. The van der Waals surface area contributed by atoms with Gasteiger partial charge in [-0.2, -0.15) is 5.21 Å². The van der Waals surface area contributed by atoms with Crippen molar-refractivity contribution >= 4 is 23.6 Å². The standard InChI is InChI=1S/C35H43N9O6/c1-35(2,3)50-33(48)37-19-22-8-12-25(13-9-22)30(45)44(26-16-14-24(15-17-26)29-38-40-41-39-29)32(47)28(36)18-21-6-10-23(11-7-21)27-20-42(4)34(49)43(5)31(27)46/h6-7,10-11,14-17,20,22,25,28H,8-9,12-13,18-19,36H2,1-5H3,(H,37,48)(H,38,39,40,41)/t22?,25?,28-/m0/s1. The highest BCUT2D eigenvalue weighted by atomic mass is 16.6. The zero-order valence-corrected chi connectivity index (χ0v) is 28.9. The number of nitrogens with two attached hydrogens (primary N) is 1. The van der Waals surface area contributed by atoms with Crippen molar-refractivity contribution < 1.29 is 19.1 Å². The summed E-state index contributed by atoms with van der Waals surface area (Å²) in [4.78, 5) is 66.3. The van der Waals surface area contributed by atoms with Crippen LogP contribution in [0, 0.1) is 11.8 Å². The number of tetrazole rings is 1. The average molecular weight is 686 g/mol. The second kappa shape index (κ2) is 15.0. The van der Waals surface area contributed by atoms with Crippen molar-refractivity contribution in [1.29, 1.82) is 0 Å². The molecule has 2 heterocycles. The van der Waals surface area contributed by atoms with Crippen LogP contribution in [0.15, 0.2) is 64.3 Å². The van der Waals surface area contributed by atoms with Crippen LogP contribution in [0.1, 0.15) is 52.0 Å². The molecular weight excluding hydrogens is 642 g/mol. The molecular formula is C35H43N9O6. The van der Waals surface area contributed by atoms with E-state index in [9.17, 15) is 24.0 Å². The van der Waals surface area contributed by atoms with Crippen molar-refractivity contribution in [3.05, 3.63) is 81.1 Å². The smallest absolute Gasteiger partial charge is 0.407 e. The second-order valence-corrected chi connectivity index (χ2v) is 13.7. The Morgan fingerprint density at radius 1 is 1.00 bits per heavy atom. The summed E-state index contributed by atoms with van der Waals surface area (Å²) in [7, 11) is 3.00.